The fraction of sp³-hybridized carbons (Fsp3) is 0.0870. The Morgan fingerprint density at radius 1 is 1.00 bits per heavy atom. The van der Waals surface area contributed by atoms with Gasteiger partial charge in [-0.1, -0.05) is 31.2 Å². The molecule has 0 saturated carbocycles. The predicted molar refractivity (Wildman–Crippen MR) is 129 cm³/mol. The summed E-state index contributed by atoms with van der Waals surface area (Å²) in [6.45, 7) is 2.03. The van der Waals surface area contributed by atoms with E-state index in [-0.39, 0.29) is 17.5 Å². The van der Waals surface area contributed by atoms with Crippen molar-refractivity contribution in [3.8, 4) is 0 Å². The highest BCUT2D eigenvalue weighted by Gasteiger charge is 2.18. The molecule has 3 aromatic heterocycles. The summed E-state index contributed by atoms with van der Waals surface area (Å²) in [6.07, 6.45) is 4.84. The Morgan fingerprint density at radius 2 is 1.82 bits per heavy atom. The summed E-state index contributed by atoms with van der Waals surface area (Å²) >= 11 is 1.60. The van der Waals surface area contributed by atoms with E-state index in [0.717, 1.165) is 21.4 Å². The molecule has 9 nitrogen and oxygen atoms in total. The summed E-state index contributed by atoms with van der Waals surface area (Å²) in [5, 5.41) is 7.35. The number of amides is 2. The molecule has 0 radical (unpaired) electrons. The Kier molecular flexibility index (Phi) is 5.49. The van der Waals surface area contributed by atoms with Crippen LogP contribution in [0.1, 0.15) is 27.8 Å². The van der Waals surface area contributed by atoms with Gasteiger partial charge in [0.2, 0.25) is 11.9 Å². The van der Waals surface area contributed by atoms with Gasteiger partial charge in [-0.2, -0.15) is 0 Å². The average molecular weight is 458 g/mol. The van der Waals surface area contributed by atoms with Gasteiger partial charge in [-0.3, -0.25) is 25.2 Å². The van der Waals surface area contributed by atoms with Gasteiger partial charge < -0.3 is 9.97 Å². The topological polar surface area (TPSA) is 128 Å². The van der Waals surface area contributed by atoms with Crippen molar-refractivity contribution >= 4 is 57.3 Å². The standard InChI is InChI=1S/C23H19N7O2S/c1-2-33-15-10-16(20(31)29-22-24-7-8-25-22)19-17(11-15)27-23(28-19)30-21(32)18-9-13-5-3-4-6-14(13)12-26-18/h3-12H,2H2,1H3,(H2,24,25,29,31)(H2,27,28,30,32). The highest BCUT2D eigenvalue weighted by Crippen LogP contribution is 2.28. The van der Waals surface area contributed by atoms with E-state index in [1.54, 1.807) is 42.5 Å². The first-order chi connectivity index (χ1) is 16.1. The summed E-state index contributed by atoms with van der Waals surface area (Å²) in [4.78, 5) is 45.3. The first-order valence-corrected chi connectivity index (χ1v) is 11.2. The van der Waals surface area contributed by atoms with Crippen LogP contribution in [0, 0.1) is 0 Å². The van der Waals surface area contributed by atoms with Crippen molar-refractivity contribution in [1.82, 2.24) is 24.9 Å². The highest BCUT2D eigenvalue weighted by molar-refractivity contribution is 7.99. The number of nitrogens with one attached hydrogen (secondary N) is 4. The SMILES string of the molecule is CCSc1cc(C(=O)Nc2ncc[nH]2)c2[nH]c(NC(=O)c3cc4ccccc4cn3)nc2c1. The normalized spacial score (nSPS) is 11.1. The quantitative estimate of drug-likeness (QED) is 0.279. The van der Waals surface area contributed by atoms with Crippen LogP contribution >= 0.6 is 11.8 Å². The molecule has 0 aliphatic carbocycles. The van der Waals surface area contributed by atoms with Crippen LogP contribution in [0.5, 0.6) is 0 Å². The lowest BCUT2D eigenvalue weighted by Gasteiger charge is -2.06. The Morgan fingerprint density at radius 3 is 2.61 bits per heavy atom. The van der Waals surface area contributed by atoms with Crippen LogP contribution in [0.15, 0.2) is 66.0 Å². The van der Waals surface area contributed by atoms with Crippen molar-refractivity contribution in [1.29, 1.82) is 0 Å². The molecular formula is C23H19N7O2S. The number of fused-ring (bicyclic) bond motifs is 2. The summed E-state index contributed by atoms with van der Waals surface area (Å²) in [7, 11) is 0. The van der Waals surface area contributed by atoms with Gasteiger partial charge in [-0.25, -0.2) is 9.97 Å². The number of nitrogens with zero attached hydrogens (tertiary/aromatic N) is 3. The zero-order valence-corrected chi connectivity index (χ0v) is 18.4. The Balaban J connectivity index is 1.47. The van der Waals surface area contributed by atoms with E-state index in [1.807, 2.05) is 37.3 Å². The van der Waals surface area contributed by atoms with Gasteiger partial charge in [0.25, 0.3) is 11.8 Å². The number of carbonyl (C=O) groups is 2. The molecule has 0 saturated heterocycles. The van der Waals surface area contributed by atoms with Gasteiger partial charge in [0.05, 0.1) is 16.6 Å². The molecule has 0 aliphatic rings. The monoisotopic (exact) mass is 457 g/mol. The maximum atomic E-state index is 12.9. The Hall–Kier alpha value is -4.18. The van der Waals surface area contributed by atoms with Crippen LogP contribution in [0.2, 0.25) is 0 Å². The van der Waals surface area contributed by atoms with E-state index in [9.17, 15) is 9.59 Å². The molecule has 0 unspecified atom stereocenters. The first kappa shape index (κ1) is 20.7. The van der Waals surface area contributed by atoms with Gasteiger partial charge in [0.15, 0.2) is 0 Å². The van der Waals surface area contributed by atoms with Crippen LogP contribution < -0.4 is 10.6 Å². The fourth-order valence-corrected chi connectivity index (χ4v) is 4.19. The summed E-state index contributed by atoms with van der Waals surface area (Å²) in [5.74, 6) is 0.676. The lowest BCUT2D eigenvalue weighted by molar-refractivity contribution is 0.101. The van der Waals surface area contributed by atoms with Crippen molar-refractivity contribution in [2.24, 2.45) is 0 Å². The number of aromatic amines is 2. The molecule has 2 amide bonds. The van der Waals surface area contributed by atoms with Crippen molar-refractivity contribution in [2.45, 2.75) is 11.8 Å². The van der Waals surface area contributed by atoms with E-state index in [2.05, 4.69) is 35.6 Å². The van der Waals surface area contributed by atoms with Gasteiger partial charge in [-0.05, 0) is 29.3 Å². The fourth-order valence-electron chi connectivity index (χ4n) is 3.46. The molecule has 2 aromatic carbocycles. The minimum absolute atomic E-state index is 0.232. The van der Waals surface area contributed by atoms with Gasteiger partial charge in [0.1, 0.15) is 5.69 Å². The van der Waals surface area contributed by atoms with Crippen LogP contribution in [-0.2, 0) is 0 Å². The van der Waals surface area contributed by atoms with Crippen LogP contribution in [0.4, 0.5) is 11.9 Å². The van der Waals surface area contributed by atoms with Gasteiger partial charge in [-0.15, -0.1) is 11.8 Å². The number of H-pyrrole nitrogens is 2. The van der Waals surface area contributed by atoms with Crippen LogP contribution in [0.3, 0.4) is 0 Å². The van der Waals surface area contributed by atoms with E-state index < -0.39 is 5.91 Å². The molecule has 0 bridgehead atoms. The number of pyridine rings is 1. The number of aromatic nitrogens is 5. The lowest BCUT2D eigenvalue weighted by atomic mass is 10.1. The summed E-state index contributed by atoms with van der Waals surface area (Å²) < 4.78 is 0. The van der Waals surface area contributed by atoms with E-state index >= 15 is 0 Å². The number of carbonyl (C=O) groups excluding carboxylic acids is 2. The van der Waals surface area contributed by atoms with Crippen molar-refractivity contribution in [3.05, 3.63) is 72.3 Å². The molecule has 0 spiro atoms. The number of anilines is 2. The molecule has 4 N–H and O–H groups in total. The molecule has 33 heavy (non-hydrogen) atoms. The zero-order valence-electron chi connectivity index (χ0n) is 17.5. The third kappa shape index (κ3) is 4.28. The van der Waals surface area contributed by atoms with Crippen LogP contribution in [-0.4, -0.2) is 42.5 Å². The number of imidazole rings is 2. The number of rotatable bonds is 6. The maximum absolute atomic E-state index is 12.9. The smallest absolute Gasteiger partial charge is 0.276 e. The highest BCUT2D eigenvalue weighted by atomic mass is 32.2. The minimum Gasteiger partial charge on any atom is -0.331 e. The second-order valence-corrected chi connectivity index (χ2v) is 8.48. The van der Waals surface area contributed by atoms with Crippen molar-refractivity contribution < 1.29 is 9.59 Å². The first-order valence-electron chi connectivity index (χ1n) is 10.2. The van der Waals surface area contributed by atoms with Crippen molar-refractivity contribution in [3.63, 3.8) is 0 Å². The summed E-state index contributed by atoms with van der Waals surface area (Å²) in [5.41, 5.74) is 1.75. The molecule has 5 rings (SSSR count). The number of benzene rings is 2. The third-order valence-electron chi connectivity index (χ3n) is 4.95. The number of thioether (sulfide) groups is 1. The molecular weight excluding hydrogens is 438 g/mol. The third-order valence-corrected chi connectivity index (χ3v) is 5.81. The van der Waals surface area contributed by atoms with Gasteiger partial charge >= 0.3 is 0 Å². The molecule has 10 heteroatoms. The Labute approximate surface area is 192 Å². The molecule has 0 aliphatic heterocycles. The largest absolute Gasteiger partial charge is 0.331 e. The second-order valence-electron chi connectivity index (χ2n) is 7.15. The summed E-state index contributed by atoms with van der Waals surface area (Å²) in [6, 6.07) is 13.1. The van der Waals surface area contributed by atoms with Crippen LogP contribution in [0.25, 0.3) is 21.8 Å². The molecule has 0 atom stereocenters. The lowest BCUT2D eigenvalue weighted by Crippen LogP contribution is -2.15. The van der Waals surface area contributed by atoms with Crippen molar-refractivity contribution in [2.75, 3.05) is 16.4 Å². The Bertz CT molecular complexity index is 1480. The average Bonchev–Trinajstić information content (AvgIpc) is 3.47. The molecule has 0 fully saturated rings. The number of hydrogen-bond donors (Lipinski definition) is 4. The second kappa shape index (κ2) is 8.75. The van der Waals surface area contributed by atoms with E-state index in [4.69, 9.17) is 0 Å². The number of hydrogen-bond acceptors (Lipinski definition) is 6. The van der Waals surface area contributed by atoms with E-state index in [1.165, 1.54) is 0 Å². The molecule has 5 aromatic rings. The zero-order chi connectivity index (χ0) is 22.8. The van der Waals surface area contributed by atoms with E-state index in [0.29, 0.717) is 22.5 Å². The maximum Gasteiger partial charge on any atom is 0.276 e. The molecule has 164 valence electrons. The molecule has 3 heterocycles. The minimum atomic E-state index is -0.399. The predicted octanol–water partition coefficient (Wildman–Crippen LogP) is 4.45. The van der Waals surface area contributed by atoms with Gasteiger partial charge in [0, 0.05) is 28.9 Å².